The Kier molecular flexibility index (Phi) is 3.53. The Morgan fingerprint density at radius 3 is 2.68 bits per heavy atom. The summed E-state index contributed by atoms with van der Waals surface area (Å²) >= 11 is 0. The van der Waals surface area contributed by atoms with Gasteiger partial charge in [0.2, 0.25) is 0 Å². The summed E-state index contributed by atoms with van der Waals surface area (Å²) in [4.78, 5) is 24.2. The molecule has 0 aliphatic carbocycles. The maximum Gasteiger partial charge on any atom is 0.326 e. The molecule has 2 rings (SSSR count). The van der Waals surface area contributed by atoms with Gasteiger partial charge in [0.05, 0.1) is 11.7 Å². The Morgan fingerprint density at radius 1 is 1.42 bits per heavy atom. The number of rotatable bonds is 2. The summed E-state index contributed by atoms with van der Waals surface area (Å²) in [5, 5.41) is 18.5. The lowest BCUT2D eigenvalue weighted by Crippen LogP contribution is -2.40. The van der Waals surface area contributed by atoms with Gasteiger partial charge >= 0.3 is 5.97 Å². The molecular formula is C13H14FNO4. The van der Waals surface area contributed by atoms with E-state index in [0.29, 0.717) is 5.56 Å². The molecule has 1 amide bonds. The van der Waals surface area contributed by atoms with Gasteiger partial charge in [-0.25, -0.2) is 9.18 Å². The van der Waals surface area contributed by atoms with E-state index in [9.17, 15) is 19.1 Å². The zero-order chi connectivity index (χ0) is 14.2. The molecule has 6 heteroatoms. The first-order valence-corrected chi connectivity index (χ1v) is 5.88. The van der Waals surface area contributed by atoms with E-state index in [1.165, 1.54) is 12.1 Å². The molecular weight excluding hydrogens is 253 g/mol. The number of aryl methyl sites for hydroxylation is 1. The smallest absolute Gasteiger partial charge is 0.326 e. The normalized spacial score (nSPS) is 22.6. The van der Waals surface area contributed by atoms with Crippen molar-refractivity contribution in [3.05, 3.63) is 35.1 Å². The molecule has 0 saturated carbocycles. The average Bonchev–Trinajstić information content (AvgIpc) is 2.70. The van der Waals surface area contributed by atoms with Gasteiger partial charge in [0.25, 0.3) is 5.91 Å². The fraction of sp³-hybridized carbons (Fsp3) is 0.385. The first-order chi connectivity index (χ1) is 8.90. The number of aliphatic hydroxyl groups is 1. The quantitative estimate of drug-likeness (QED) is 0.830. The Hall–Kier alpha value is -1.95. The van der Waals surface area contributed by atoms with Crippen LogP contribution < -0.4 is 0 Å². The third kappa shape index (κ3) is 2.58. The molecule has 0 unspecified atom stereocenters. The van der Waals surface area contributed by atoms with Crippen LogP contribution in [0.1, 0.15) is 22.3 Å². The van der Waals surface area contributed by atoms with Crippen LogP contribution >= 0.6 is 0 Å². The summed E-state index contributed by atoms with van der Waals surface area (Å²) in [5.74, 6) is -2.59. The van der Waals surface area contributed by atoms with Gasteiger partial charge in [-0.2, -0.15) is 0 Å². The maximum atomic E-state index is 13.7. The van der Waals surface area contributed by atoms with Gasteiger partial charge < -0.3 is 15.1 Å². The van der Waals surface area contributed by atoms with Crippen LogP contribution in [0.2, 0.25) is 0 Å². The highest BCUT2D eigenvalue weighted by Gasteiger charge is 2.39. The minimum atomic E-state index is -1.20. The lowest BCUT2D eigenvalue weighted by atomic mass is 10.1. The van der Waals surface area contributed by atoms with E-state index < -0.39 is 29.8 Å². The van der Waals surface area contributed by atoms with E-state index in [1.807, 2.05) is 0 Å². The lowest BCUT2D eigenvalue weighted by molar-refractivity contribution is -0.141. The van der Waals surface area contributed by atoms with Gasteiger partial charge in [0.15, 0.2) is 0 Å². The van der Waals surface area contributed by atoms with Crippen LogP contribution in [-0.2, 0) is 4.79 Å². The number of carboxylic acids is 1. The molecule has 0 spiro atoms. The molecule has 1 fully saturated rings. The number of carbonyl (C=O) groups excluding carboxylic acids is 1. The highest BCUT2D eigenvalue weighted by molar-refractivity contribution is 5.97. The monoisotopic (exact) mass is 267 g/mol. The fourth-order valence-corrected chi connectivity index (χ4v) is 2.22. The Morgan fingerprint density at radius 2 is 2.11 bits per heavy atom. The molecule has 2 atom stereocenters. The third-order valence-electron chi connectivity index (χ3n) is 3.18. The number of hydrogen-bond acceptors (Lipinski definition) is 3. The first kappa shape index (κ1) is 13.5. The second kappa shape index (κ2) is 4.97. The van der Waals surface area contributed by atoms with Crippen molar-refractivity contribution in [2.24, 2.45) is 0 Å². The molecule has 0 bridgehead atoms. The number of hydrogen-bond donors (Lipinski definition) is 2. The zero-order valence-electron chi connectivity index (χ0n) is 10.3. The number of amides is 1. The van der Waals surface area contributed by atoms with Gasteiger partial charge in [-0.15, -0.1) is 0 Å². The summed E-state index contributed by atoms with van der Waals surface area (Å²) in [7, 11) is 0. The highest BCUT2D eigenvalue weighted by atomic mass is 19.1. The summed E-state index contributed by atoms with van der Waals surface area (Å²) in [6.45, 7) is 1.60. The van der Waals surface area contributed by atoms with Crippen LogP contribution in [0.5, 0.6) is 0 Å². The molecule has 1 saturated heterocycles. The Labute approximate surface area is 109 Å². The van der Waals surface area contributed by atoms with E-state index in [4.69, 9.17) is 5.11 Å². The second-order valence-electron chi connectivity index (χ2n) is 4.68. The van der Waals surface area contributed by atoms with Crippen molar-refractivity contribution in [3.63, 3.8) is 0 Å². The number of likely N-dealkylation sites (tertiary alicyclic amines) is 1. The SMILES string of the molecule is Cc1ccc(C(=O)N2C[C@H](O)C[C@@H]2C(=O)O)c(F)c1. The molecule has 0 aromatic heterocycles. The minimum Gasteiger partial charge on any atom is -0.480 e. The van der Waals surface area contributed by atoms with Crippen molar-refractivity contribution < 1.29 is 24.2 Å². The topological polar surface area (TPSA) is 77.8 Å². The second-order valence-corrected chi connectivity index (χ2v) is 4.68. The molecule has 5 nitrogen and oxygen atoms in total. The lowest BCUT2D eigenvalue weighted by Gasteiger charge is -2.21. The summed E-state index contributed by atoms with van der Waals surface area (Å²) < 4.78 is 13.7. The van der Waals surface area contributed by atoms with Gasteiger partial charge in [0.1, 0.15) is 11.9 Å². The van der Waals surface area contributed by atoms with Gasteiger partial charge in [-0.05, 0) is 24.6 Å². The van der Waals surface area contributed by atoms with E-state index in [0.717, 1.165) is 4.90 Å². The van der Waals surface area contributed by atoms with Crippen molar-refractivity contribution in [2.45, 2.75) is 25.5 Å². The molecule has 1 heterocycles. The number of benzene rings is 1. The Balaban J connectivity index is 2.30. The van der Waals surface area contributed by atoms with E-state index in [-0.39, 0.29) is 18.5 Å². The van der Waals surface area contributed by atoms with E-state index in [2.05, 4.69) is 0 Å². The number of aliphatic carboxylic acids is 1. The molecule has 1 aliphatic heterocycles. The predicted molar refractivity (Wildman–Crippen MR) is 64.2 cm³/mol. The molecule has 1 aromatic carbocycles. The standard InChI is InChI=1S/C13H14FNO4/c1-7-2-3-9(10(14)4-7)12(17)15-6-8(16)5-11(15)13(18)19/h2-4,8,11,16H,5-6H2,1H3,(H,18,19)/t8-,11-/m1/s1. The molecule has 2 N–H and O–H groups in total. The van der Waals surface area contributed by atoms with Gasteiger partial charge in [-0.3, -0.25) is 4.79 Å². The minimum absolute atomic E-state index is 0.0332. The van der Waals surface area contributed by atoms with Crippen molar-refractivity contribution in [1.82, 2.24) is 4.90 Å². The fourth-order valence-electron chi connectivity index (χ4n) is 2.22. The van der Waals surface area contributed by atoms with Gasteiger partial charge in [-0.1, -0.05) is 6.07 Å². The van der Waals surface area contributed by atoms with Crippen LogP contribution in [0.15, 0.2) is 18.2 Å². The molecule has 1 aromatic rings. The number of carbonyl (C=O) groups is 2. The summed E-state index contributed by atoms with van der Waals surface area (Å²) in [6, 6.07) is 3.02. The maximum absolute atomic E-state index is 13.7. The molecule has 102 valence electrons. The average molecular weight is 267 g/mol. The first-order valence-electron chi connectivity index (χ1n) is 5.88. The van der Waals surface area contributed by atoms with Crippen LogP contribution in [0.25, 0.3) is 0 Å². The van der Waals surface area contributed by atoms with E-state index >= 15 is 0 Å². The van der Waals surface area contributed by atoms with Crippen LogP contribution in [0.3, 0.4) is 0 Å². The van der Waals surface area contributed by atoms with Crippen molar-refractivity contribution in [1.29, 1.82) is 0 Å². The highest BCUT2D eigenvalue weighted by Crippen LogP contribution is 2.22. The van der Waals surface area contributed by atoms with Crippen LogP contribution in [0, 0.1) is 12.7 Å². The summed E-state index contributed by atoms with van der Waals surface area (Å²) in [5.41, 5.74) is 0.497. The molecule has 1 aliphatic rings. The van der Waals surface area contributed by atoms with Crippen molar-refractivity contribution in [3.8, 4) is 0 Å². The number of nitrogens with zero attached hydrogens (tertiary/aromatic N) is 1. The van der Waals surface area contributed by atoms with Crippen LogP contribution in [0.4, 0.5) is 4.39 Å². The Bertz CT molecular complexity index is 531. The largest absolute Gasteiger partial charge is 0.480 e. The third-order valence-corrected chi connectivity index (χ3v) is 3.18. The predicted octanol–water partition coefficient (Wildman–Crippen LogP) is 0.794. The number of aliphatic hydroxyl groups excluding tert-OH is 1. The van der Waals surface area contributed by atoms with E-state index in [1.54, 1.807) is 13.0 Å². The van der Waals surface area contributed by atoms with Crippen molar-refractivity contribution in [2.75, 3.05) is 6.54 Å². The summed E-state index contributed by atoms with van der Waals surface area (Å²) in [6.07, 6.45) is -0.923. The number of carboxylic acid groups (broad SMARTS) is 1. The molecule has 0 radical (unpaired) electrons. The zero-order valence-corrected chi connectivity index (χ0v) is 10.3. The number of β-amino-alcohol motifs (C(OH)–C–C–N with tert-alkyl or cyclic N) is 1. The van der Waals surface area contributed by atoms with Gasteiger partial charge in [0, 0.05) is 13.0 Å². The number of halogens is 1. The molecule has 19 heavy (non-hydrogen) atoms. The van der Waals surface area contributed by atoms with Crippen molar-refractivity contribution >= 4 is 11.9 Å². The van der Waals surface area contributed by atoms with Crippen LogP contribution in [-0.4, -0.2) is 45.7 Å².